The summed E-state index contributed by atoms with van der Waals surface area (Å²) in [7, 11) is 1.26. The minimum absolute atomic E-state index is 0.00786. The molecule has 0 saturated heterocycles. The molecule has 1 aromatic rings. The Morgan fingerprint density at radius 2 is 1.82 bits per heavy atom. The van der Waals surface area contributed by atoms with Gasteiger partial charge in [-0.25, -0.2) is 4.79 Å². The van der Waals surface area contributed by atoms with E-state index in [0.717, 1.165) is 6.08 Å². The first-order chi connectivity index (χ1) is 15.8. The second-order valence-corrected chi connectivity index (χ2v) is 8.92. The molecular weight excluding hydrogens is 442 g/mol. The van der Waals surface area contributed by atoms with Crippen molar-refractivity contribution in [2.24, 2.45) is 5.92 Å². The number of aromatic hydroxyl groups is 2. The fourth-order valence-corrected chi connectivity index (χ4v) is 4.46. The second-order valence-electron chi connectivity index (χ2n) is 8.92. The van der Waals surface area contributed by atoms with Gasteiger partial charge in [-0.2, -0.15) is 0 Å². The van der Waals surface area contributed by atoms with Crippen LogP contribution in [-0.2, 0) is 24.5 Å². The van der Waals surface area contributed by atoms with Crippen LogP contribution in [0.25, 0.3) is 0 Å². The maximum absolute atomic E-state index is 13.8. The van der Waals surface area contributed by atoms with E-state index in [1.807, 2.05) is 13.8 Å². The first-order valence-corrected chi connectivity index (χ1v) is 11.0. The Balaban J connectivity index is 2.22. The summed E-state index contributed by atoms with van der Waals surface area (Å²) in [6.07, 6.45) is 1.78. The molecule has 0 spiro atoms. The maximum atomic E-state index is 13.8. The van der Waals surface area contributed by atoms with Gasteiger partial charge < -0.3 is 25.0 Å². The van der Waals surface area contributed by atoms with Gasteiger partial charge in [0.05, 0.1) is 18.2 Å². The van der Waals surface area contributed by atoms with Gasteiger partial charge in [-0.15, -0.1) is 0 Å². The number of hydrogen-bond acceptors (Lipinski definition) is 9. The van der Waals surface area contributed by atoms with E-state index in [2.05, 4.69) is 5.32 Å². The van der Waals surface area contributed by atoms with Crippen LogP contribution in [0, 0.1) is 12.8 Å². The lowest BCUT2D eigenvalue weighted by molar-refractivity contribution is -0.144. The van der Waals surface area contributed by atoms with Crippen LogP contribution in [0.15, 0.2) is 23.1 Å². The van der Waals surface area contributed by atoms with E-state index < -0.39 is 46.3 Å². The summed E-state index contributed by atoms with van der Waals surface area (Å²) in [5.74, 6) is -3.57. The fourth-order valence-electron chi connectivity index (χ4n) is 4.46. The zero-order valence-corrected chi connectivity index (χ0v) is 20.3. The number of fused-ring (bicyclic) bond motifs is 3. The predicted molar refractivity (Wildman–Crippen MR) is 122 cm³/mol. The quantitative estimate of drug-likeness (QED) is 0.247. The van der Waals surface area contributed by atoms with Gasteiger partial charge in [0.25, 0.3) is 0 Å². The molecule has 1 aliphatic carbocycles. The van der Waals surface area contributed by atoms with E-state index in [-0.39, 0.29) is 45.4 Å². The largest absolute Gasteiger partial charge is 0.507 e. The maximum Gasteiger partial charge on any atom is 0.328 e. The molecule has 0 saturated carbocycles. The highest BCUT2D eigenvalue weighted by molar-refractivity contribution is 6.31. The molecule has 9 nitrogen and oxygen atoms in total. The average Bonchev–Trinajstić information content (AvgIpc) is 3.07. The van der Waals surface area contributed by atoms with Crippen molar-refractivity contribution in [1.29, 1.82) is 0 Å². The molecule has 2 aliphatic rings. The summed E-state index contributed by atoms with van der Waals surface area (Å²) in [4.78, 5) is 51.4. The Morgan fingerprint density at radius 3 is 2.35 bits per heavy atom. The zero-order valence-electron chi connectivity index (χ0n) is 20.3. The normalized spacial score (nSPS) is 22.1. The molecule has 9 heteroatoms. The number of rotatable bonds is 6. The van der Waals surface area contributed by atoms with E-state index in [0.29, 0.717) is 6.42 Å². The summed E-state index contributed by atoms with van der Waals surface area (Å²) in [5.41, 5.74) is -1.79. The first-order valence-electron chi connectivity index (χ1n) is 11.0. The molecule has 0 radical (unpaired) electrons. The molecule has 0 aromatic heterocycles. The van der Waals surface area contributed by atoms with E-state index in [1.54, 1.807) is 0 Å². The van der Waals surface area contributed by atoms with E-state index in [1.165, 1.54) is 34.8 Å². The monoisotopic (exact) mass is 471 g/mol. The lowest BCUT2D eigenvalue weighted by Gasteiger charge is -2.30. The SMILES string of the molecule is CCC(C)C(NC(C)=C1C(=O)C=C2Oc3c(C(C)=O)c(O)c(C)c(O)c3C2(C)C1=O)C(=O)OC. The molecule has 3 unspecified atom stereocenters. The van der Waals surface area contributed by atoms with Crippen LogP contribution in [0.5, 0.6) is 17.2 Å². The van der Waals surface area contributed by atoms with Crippen molar-refractivity contribution >= 4 is 23.3 Å². The first kappa shape index (κ1) is 25.0. The molecule has 1 aliphatic heterocycles. The van der Waals surface area contributed by atoms with Gasteiger partial charge in [-0.3, -0.25) is 14.4 Å². The van der Waals surface area contributed by atoms with Gasteiger partial charge in [0.1, 0.15) is 40.0 Å². The van der Waals surface area contributed by atoms with Crippen LogP contribution in [0.1, 0.15) is 62.5 Å². The number of esters is 1. The number of Topliss-reactive ketones (excluding diaryl/α,β-unsaturated/α-hetero) is 2. The highest BCUT2D eigenvalue weighted by Crippen LogP contribution is 2.57. The Kier molecular flexibility index (Phi) is 6.34. The van der Waals surface area contributed by atoms with Gasteiger partial charge in [0, 0.05) is 17.3 Å². The van der Waals surface area contributed by atoms with E-state index in [9.17, 15) is 29.4 Å². The number of phenolic OH excluding ortho intramolecular Hbond substituents is 2. The molecule has 3 N–H and O–H groups in total. The van der Waals surface area contributed by atoms with Crippen molar-refractivity contribution in [3.63, 3.8) is 0 Å². The second kappa shape index (κ2) is 8.62. The van der Waals surface area contributed by atoms with Crippen LogP contribution in [-0.4, -0.2) is 46.7 Å². The average molecular weight is 472 g/mol. The van der Waals surface area contributed by atoms with Gasteiger partial charge in [0.15, 0.2) is 17.3 Å². The minimum Gasteiger partial charge on any atom is -0.507 e. The van der Waals surface area contributed by atoms with Gasteiger partial charge >= 0.3 is 5.97 Å². The number of carbonyl (C=O) groups is 4. The number of benzene rings is 1. The summed E-state index contributed by atoms with van der Waals surface area (Å²) in [5, 5.41) is 24.3. The molecule has 3 rings (SSSR count). The Bertz CT molecular complexity index is 1190. The molecule has 182 valence electrons. The van der Waals surface area contributed by atoms with Crippen LogP contribution in [0.4, 0.5) is 0 Å². The molecule has 3 atom stereocenters. The number of allylic oxidation sites excluding steroid dienone is 4. The number of ketones is 3. The van der Waals surface area contributed by atoms with Crippen LogP contribution < -0.4 is 10.1 Å². The summed E-state index contributed by atoms with van der Waals surface area (Å²) in [6.45, 7) is 9.38. The van der Waals surface area contributed by atoms with Gasteiger partial charge in [-0.1, -0.05) is 20.3 Å². The van der Waals surface area contributed by atoms with E-state index in [4.69, 9.17) is 9.47 Å². The van der Waals surface area contributed by atoms with Crippen molar-refractivity contribution in [3.05, 3.63) is 39.8 Å². The minimum atomic E-state index is -1.62. The highest BCUT2D eigenvalue weighted by Gasteiger charge is 2.56. The number of nitrogens with one attached hydrogen (secondary N) is 1. The molecule has 0 fully saturated rings. The number of hydrogen-bond donors (Lipinski definition) is 3. The standard InChI is InChI=1S/C25H29NO8/c1-8-10(2)19(24(32)33-7)26-12(4)16-14(28)9-15-25(6,23(16)31)18-21(30)11(3)20(29)17(13(5)27)22(18)34-15/h9-10,19,26,29-30H,8H2,1-7H3. The third-order valence-corrected chi connectivity index (χ3v) is 6.80. The van der Waals surface area contributed by atoms with Gasteiger partial charge in [0.2, 0.25) is 0 Å². The number of phenols is 2. The summed E-state index contributed by atoms with van der Waals surface area (Å²) >= 11 is 0. The number of methoxy groups -OCH3 is 1. The molecular formula is C25H29NO8. The highest BCUT2D eigenvalue weighted by atomic mass is 16.5. The zero-order chi connectivity index (χ0) is 25.7. The van der Waals surface area contributed by atoms with Crippen molar-refractivity contribution in [1.82, 2.24) is 5.32 Å². The van der Waals surface area contributed by atoms with Crippen molar-refractivity contribution in [2.45, 2.75) is 59.4 Å². The molecule has 0 bridgehead atoms. The fraction of sp³-hybridized carbons (Fsp3) is 0.440. The van der Waals surface area contributed by atoms with Crippen molar-refractivity contribution in [2.75, 3.05) is 7.11 Å². The Labute approximate surface area is 197 Å². The Morgan fingerprint density at radius 1 is 1.21 bits per heavy atom. The Hall–Kier alpha value is -3.62. The molecule has 1 heterocycles. The smallest absolute Gasteiger partial charge is 0.328 e. The van der Waals surface area contributed by atoms with E-state index >= 15 is 0 Å². The molecule has 34 heavy (non-hydrogen) atoms. The molecule has 0 amide bonds. The summed E-state index contributed by atoms with van der Waals surface area (Å²) in [6, 6.07) is -0.787. The lowest BCUT2D eigenvalue weighted by Crippen LogP contribution is -2.45. The predicted octanol–water partition coefficient (Wildman–Crippen LogP) is 2.75. The third kappa shape index (κ3) is 3.46. The van der Waals surface area contributed by atoms with Crippen LogP contribution in [0.3, 0.4) is 0 Å². The van der Waals surface area contributed by atoms with Crippen molar-refractivity contribution < 1.29 is 38.9 Å². The van der Waals surface area contributed by atoms with Crippen molar-refractivity contribution in [3.8, 4) is 17.2 Å². The lowest BCUT2D eigenvalue weighted by atomic mass is 9.70. The van der Waals surface area contributed by atoms with Crippen LogP contribution >= 0.6 is 0 Å². The number of carbonyl (C=O) groups excluding carboxylic acids is 4. The molecule has 1 aromatic carbocycles. The van der Waals surface area contributed by atoms with Crippen LogP contribution in [0.2, 0.25) is 0 Å². The summed E-state index contributed by atoms with van der Waals surface area (Å²) < 4.78 is 10.6. The third-order valence-electron chi connectivity index (χ3n) is 6.80. The van der Waals surface area contributed by atoms with Gasteiger partial charge in [-0.05, 0) is 33.6 Å². The number of ether oxygens (including phenoxy) is 2. The topological polar surface area (TPSA) is 139 Å².